The van der Waals surface area contributed by atoms with Crippen LogP contribution in [0, 0.1) is 6.92 Å². The van der Waals surface area contributed by atoms with Crippen LogP contribution in [0.4, 0.5) is 5.95 Å². The number of rotatable bonds is 3. The first-order chi connectivity index (χ1) is 8.65. The van der Waals surface area contributed by atoms with Crippen LogP contribution in [0.15, 0.2) is 47.2 Å². The van der Waals surface area contributed by atoms with Crippen molar-refractivity contribution in [2.24, 2.45) is 5.10 Å². The summed E-state index contributed by atoms with van der Waals surface area (Å²) in [5.74, 6) is 0.399. The highest BCUT2D eigenvalue weighted by atomic mass is 15.4. The highest BCUT2D eigenvalue weighted by Crippen LogP contribution is 2.06. The molecule has 0 saturated heterocycles. The summed E-state index contributed by atoms with van der Waals surface area (Å²) < 4.78 is 1.57. The Hall–Kier alpha value is -2.36. The average Bonchev–Trinajstić information content (AvgIpc) is 2.66. The summed E-state index contributed by atoms with van der Waals surface area (Å²) in [4.78, 5) is 4.08. The Labute approximate surface area is 106 Å². The number of aryl methyl sites for hydroxylation is 1. The Bertz CT molecular complexity index is 579. The summed E-state index contributed by atoms with van der Waals surface area (Å²) >= 11 is 0. The molecule has 1 heterocycles. The average molecular weight is 240 g/mol. The minimum absolute atomic E-state index is 0.399. The molecule has 0 aliphatic rings. The Morgan fingerprint density at radius 1 is 1.33 bits per heavy atom. The molecule has 2 N–H and O–H groups in total. The van der Waals surface area contributed by atoms with Gasteiger partial charge in [-0.05, 0) is 25.0 Å². The lowest BCUT2D eigenvalue weighted by atomic mass is 10.1. The number of anilines is 1. The summed E-state index contributed by atoms with van der Waals surface area (Å²) in [6, 6.07) is 10.1. The molecule has 0 saturated carbocycles. The smallest absolute Gasteiger partial charge is 0.221 e. The first-order valence-electron chi connectivity index (χ1n) is 5.74. The third-order valence-electron chi connectivity index (χ3n) is 2.41. The van der Waals surface area contributed by atoms with Crippen molar-refractivity contribution in [3.05, 3.63) is 53.4 Å². The van der Waals surface area contributed by atoms with Crippen LogP contribution in [0.3, 0.4) is 0 Å². The van der Waals surface area contributed by atoms with Gasteiger partial charge in [0.1, 0.15) is 0 Å². The van der Waals surface area contributed by atoms with Gasteiger partial charge < -0.3 is 5.73 Å². The number of hydrogen-bond donors (Lipinski definition) is 1. The number of nitrogen functional groups attached to an aromatic ring is 1. The Morgan fingerprint density at radius 2 is 2.06 bits per heavy atom. The van der Waals surface area contributed by atoms with E-state index >= 15 is 0 Å². The van der Waals surface area contributed by atoms with Gasteiger partial charge in [0.25, 0.3) is 0 Å². The fourth-order valence-corrected chi connectivity index (χ4v) is 1.60. The maximum absolute atomic E-state index is 5.70. The van der Waals surface area contributed by atoms with Crippen LogP contribution in [0.2, 0.25) is 0 Å². The third-order valence-corrected chi connectivity index (χ3v) is 2.41. The lowest BCUT2D eigenvalue weighted by Gasteiger charge is -1.96. The maximum Gasteiger partial charge on any atom is 0.221 e. The molecule has 0 fully saturated rings. The number of hydrogen-bond acceptors (Lipinski definition) is 3. The van der Waals surface area contributed by atoms with Crippen molar-refractivity contribution < 1.29 is 0 Å². The zero-order valence-corrected chi connectivity index (χ0v) is 10.5. The fourth-order valence-electron chi connectivity index (χ4n) is 1.60. The molecule has 2 rings (SSSR count). The summed E-state index contributed by atoms with van der Waals surface area (Å²) in [6.07, 6.45) is 5.62. The molecule has 0 bridgehead atoms. The van der Waals surface area contributed by atoms with Crippen molar-refractivity contribution in [1.82, 2.24) is 9.66 Å². The minimum Gasteiger partial charge on any atom is -0.368 e. The molecule has 4 heteroatoms. The number of nitrogens with zero attached hydrogens (tertiary/aromatic N) is 3. The first-order valence-corrected chi connectivity index (χ1v) is 5.74. The van der Waals surface area contributed by atoms with Gasteiger partial charge in [0, 0.05) is 0 Å². The second-order valence-corrected chi connectivity index (χ2v) is 4.13. The molecule has 0 amide bonds. The number of allylic oxidation sites excluding steroid dienone is 1. The van der Waals surface area contributed by atoms with Gasteiger partial charge in [0.05, 0.1) is 18.1 Å². The number of nitrogens with two attached hydrogens (primary N) is 1. The lowest BCUT2D eigenvalue weighted by molar-refractivity contribution is 0.896. The molecule has 0 aliphatic heterocycles. The van der Waals surface area contributed by atoms with E-state index in [9.17, 15) is 0 Å². The zero-order chi connectivity index (χ0) is 13.0. The molecule has 0 atom stereocenters. The van der Waals surface area contributed by atoms with Gasteiger partial charge >= 0.3 is 0 Å². The Kier molecular flexibility index (Phi) is 3.57. The van der Waals surface area contributed by atoms with Gasteiger partial charge in [0.2, 0.25) is 5.95 Å². The molecular weight excluding hydrogens is 224 g/mol. The molecule has 92 valence electrons. The van der Waals surface area contributed by atoms with Crippen LogP contribution in [-0.4, -0.2) is 15.9 Å². The van der Waals surface area contributed by atoms with Crippen molar-refractivity contribution >= 4 is 18.2 Å². The van der Waals surface area contributed by atoms with Crippen molar-refractivity contribution in [3.63, 3.8) is 0 Å². The fraction of sp³-hybridized carbons (Fsp3) is 0.143. The highest BCUT2D eigenvalue weighted by Gasteiger charge is 1.97. The Morgan fingerprint density at radius 3 is 2.67 bits per heavy atom. The standard InChI is InChI=1S/C14H16N4/c1-11(8-13-6-4-3-5-7-13)9-16-18-10-12(2)17-14(18)15/h3-10H,1-2H3,(H2,15,17). The van der Waals surface area contributed by atoms with Crippen LogP contribution < -0.4 is 5.73 Å². The van der Waals surface area contributed by atoms with Gasteiger partial charge in [-0.3, -0.25) is 0 Å². The minimum atomic E-state index is 0.399. The SMILES string of the molecule is CC(C=Nn1cc(C)nc1N)=Cc1ccccc1. The third kappa shape index (κ3) is 3.07. The largest absolute Gasteiger partial charge is 0.368 e. The highest BCUT2D eigenvalue weighted by molar-refractivity contribution is 5.84. The molecule has 2 aromatic rings. The molecule has 4 nitrogen and oxygen atoms in total. The van der Waals surface area contributed by atoms with E-state index in [2.05, 4.69) is 16.2 Å². The molecule has 0 unspecified atom stereocenters. The maximum atomic E-state index is 5.70. The zero-order valence-electron chi connectivity index (χ0n) is 10.5. The monoisotopic (exact) mass is 240 g/mol. The van der Waals surface area contributed by atoms with E-state index in [1.165, 1.54) is 0 Å². The van der Waals surface area contributed by atoms with Crippen molar-refractivity contribution in [2.45, 2.75) is 13.8 Å². The van der Waals surface area contributed by atoms with Crippen LogP contribution >= 0.6 is 0 Å². The molecule has 0 spiro atoms. The predicted octanol–water partition coefficient (Wildman–Crippen LogP) is 2.71. The second-order valence-electron chi connectivity index (χ2n) is 4.13. The van der Waals surface area contributed by atoms with E-state index in [0.29, 0.717) is 5.95 Å². The van der Waals surface area contributed by atoms with Crippen LogP contribution in [0.1, 0.15) is 18.2 Å². The summed E-state index contributed by atoms with van der Waals surface area (Å²) in [5.41, 5.74) is 8.75. The normalized spacial score (nSPS) is 12.2. The predicted molar refractivity (Wildman–Crippen MR) is 75.4 cm³/mol. The van der Waals surface area contributed by atoms with Gasteiger partial charge in [-0.25, -0.2) is 9.66 Å². The lowest BCUT2D eigenvalue weighted by Crippen LogP contribution is -1.96. The van der Waals surface area contributed by atoms with E-state index in [1.807, 2.05) is 44.2 Å². The van der Waals surface area contributed by atoms with E-state index in [0.717, 1.165) is 16.8 Å². The van der Waals surface area contributed by atoms with Crippen LogP contribution in [0.5, 0.6) is 0 Å². The first kappa shape index (κ1) is 12.1. The van der Waals surface area contributed by atoms with E-state index in [-0.39, 0.29) is 0 Å². The van der Waals surface area contributed by atoms with Crippen molar-refractivity contribution in [1.29, 1.82) is 0 Å². The van der Waals surface area contributed by atoms with Gasteiger partial charge in [-0.15, -0.1) is 0 Å². The van der Waals surface area contributed by atoms with Crippen molar-refractivity contribution in [2.75, 3.05) is 5.73 Å². The van der Waals surface area contributed by atoms with E-state index in [4.69, 9.17) is 5.73 Å². The van der Waals surface area contributed by atoms with E-state index < -0.39 is 0 Å². The second kappa shape index (κ2) is 5.31. The van der Waals surface area contributed by atoms with Gasteiger partial charge in [0.15, 0.2) is 0 Å². The molecular formula is C14H16N4. The molecule has 0 aliphatic carbocycles. The van der Waals surface area contributed by atoms with Crippen LogP contribution in [-0.2, 0) is 0 Å². The van der Waals surface area contributed by atoms with Crippen LogP contribution in [0.25, 0.3) is 6.08 Å². The molecule has 1 aromatic heterocycles. The molecule has 0 radical (unpaired) electrons. The van der Waals surface area contributed by atoms with E-state index in [1.54, 1.807) is 17.1 Å². The number of imidazole rings is 1. The summed E-state index contributed by atoms with van der Waals surface area (Å²) in [6.45, 7) is 3.88. The van der Waals surface area contributed by atoms with Crippen molar-refractivity contribution in [3.8, 4) is 0 Å². The number of benzene rings is 1. The summed E-state index contributed by atoms with van der Waals surface area (Å²) in [7, 11) is 0. The summed E-state index contributed by atoms with van der Waals surface area (Å²) in [5, 5.41) is 4.26. The van der Waals surface area contributed by atoms with Gasteiger partial charge in [-0.1, -0.05) is 36.4 Å². The Balaban J connectivity index is 2.14. The quantitative estimate of drug-likeness (QED) is 0.839. The molecule has 1 aromatic carbocycles. The van der Waals surface area contributed by atoms with Gasteiger partial charge in [-0.2, -0.15) is 5.10 Å². The number of aromatic nitrogens is 2. The molecule has 18 heavy (non-hydrogen) atoms. The topological polar surface area (TPSA) is 56.2 Å².